The molecule has 1 atom stereocenters. The van der Waals surface area contributed by atoms with Crippen molar-refractivity contribution in [2.75, 3.05) is 0 Å². The highest BCUT2D eigenvalue weighted by atomic mass is 35.5. The van der Waals surface area contributed by atoms with Crippen LogP contribution in [0.5, 0.6) is 0 Å². The first kappa shape index (κ1) is 13.3. The fraction of sp³-hybridized carbons (Fsp3) is 0.600. The molecule has 0 amide bonds. The van der Waals surface area contributed by atoms with Crippen LogP contribution in [0.1, 0.15) is 18.8 Å². The van der Waals surface area contributed by atoms with E-state index in [-0.39, 0.29) is 30.9 Å². The third-order valence-electron chi connectivity index (χ3n) is 1.02. The van der Waals surface area contributed by atoms with Crippen LogP contribution in [0, 0.1) is 0 Å². The minimum Gasteiger partial charge on any atom is -0.321 e. The van der Waals surface area contributed by atoms with Gasteiger partial charge in [-0.05, 0) is 6.92 Å². The van der Waals surface area contributed by atoms with E-state index in [2.05, 4.69) is 10.1 Å². The Balaban J connectivity index is 0. The second-order valence-corrected chi connectivity index (χ2v) is 2.07. The van der Waals surface area contributed by atoms with Crippen LogP contribution in [0.2, 0.25) is 0 Å². The van der Waals surface area contributed by atoms with Gasteiger partial charge in [-0.1, -0.05) is 0 Å². The van der Waals surface area contributed by atoms with E-state index < -0.39 is 0 Å². The monoisotopic (exact) mass is 198 g/mol. The van der Waals surface area contributed by atoms with Crippen molar-refractivity contribution in [1.29, 1.82) is 0 Å². The van der Waals surface area contributed by atoms with Gasteiger partial charge in [0.1, 0.15) is 6.33 Å². The Morgan fingerprint density at radius 2 is 2.09 bits per heavy atom. The van der Waals surface area contributed by atoms with Crippen molar-refractivity contribution in [2.45, 2.75) is 13.0 Å². The molecule has 1 heterocycles. The molecule has 66 valence electrons. The SMILES string of the molecule is CC(N)c1ncn(C)n1.Cl.Cl. The van der Waals surface area contributed by atoms with Crippen LogP contribution in [0.15, 0.2) is 6.33 Å². The van der Waals surface area contributed by atoms with Crippen LogP contribution in [0.25, 0.3) is 0 Å². The van der Waals surface area contributed by atoms with Crippen molar-refractivity contribution in [2.24, 2.45) is 12.8 Å². The zero-order valence-electron chi connectivity index (χ0n) is 6.39. The second kappa shape index (κ2) is 5.35. The van der Waals surface area contributed by atoms with Gasteiger partial charge >= 0.3 is 0 Å². The van der Waals surface area contributed by atoms with E-state index in [9.17, 15) is 0 Å². The summed E-state index contributed by atoms with van der Waals surface area (Å²) >= 11 is 0. The molecule has 1 aromatic heterocycles. The van der Waals surface area contributed by atoms with Crippen LogP contribution in [-0.4, -0.2) is 14.8 Å². The molecule has 6 heteroatoms. The number of nitrogens with zero attached hydrogens (tertiary/aromatic N) is 3. The lowest BCUT2D eigenvalue weighted by molar-refractivity contribution is 0.693. The summed E-state index contributed by atoms with van der Waals surface area (Å²) in [6.07, 6.45) is 1.64. The van der Waals surface area contributed by atoms with Gasteiger partial charge in [0.15, 0.2) is 5.82 Å². The van der Waals surface area contributed by atoms with Gasteiger partial charge in [0.25, 0.3) is 0 Å². The molecule has 1 aromatic rings. The molecule has 0 fully saturated rings. The van der Waals surface area contributed by atoms with E-state index >= 15 is 0 Å². The number of halogens is 2. The zero-order chi connectivity index (χ0) is 6.85. The number of aryl methyl sites for hydroxylation is 1. The maximum atomic E-state index is 5.49. The highest BCUT2D eigenvalue weighted by Gasteiger charge is 2.01. The molecule has 0 aliphatic rings. The Morgan fingerprint density at radius 1 is 1.55 bits per heavy atom. The lowest BCUT2D eigenvalue weighted by Gasteiger charge is -1.94. The van der Waals surface area contributed by atoms with E-state index in [4.69, 9.17) is 5.73 Å². The maximum Gasteiger partial charge on any atom is 0.166 e. The fourth-order valence-corrected chi connectivity index (χ4v) is 0.565. The smallest absolute Gasteiger partial charge is 0.166 e. The summed E-state index contributed by atoms with van der Waals surface area (Å²) in [6.45, 7) is 1.86. The van der Waals surface area contributed by atoms with Crippen LogP contribution >= 0.6 is 24.8 Å². The molecule has 0 aromatic carbocycles. The molecule has 0 saturated carbocycles. The lowest BCUT2D eigenvalue weighted by atomic mass is 10.4. The minimum atomic E-state index is -0.0637. The first-order valence-electron chi connectivity index (χ1n) is 2.81. The molecule has 2 N–H and O–H groups in total. The maximum absolute atomic E-state index is 5.49. The summed E-state index contributed by atoms with van der Waals surface area (Å²) in [7, 11) is 1.82. The highest BCUT2D eigenvalue weighted by Crippen LogP contribution is 1.98. The van der Waals surface area contributed by atoms with Gasteiger partial charge in [0.2, 0.25) is 0 Å². The number of nitrogens with two attached hydrogens (primary N) is 1. The molecule has 1 rings (SSSR count). The first-order chi connectivity index (χ1) is 4.20. The summed E-state index contributed by atoms with van der Waals surface area (Å²) in [4.78, 5) is 3.94. The summed E-state index contributed by atoms with van der Waals surface area (Å²) < 4.78 is 1.64. The minimum absolute atomic E-state index is 0. The van der Waals surface area contributed by atoms with E-state index in [1.165, 1.54) is 0 Å². The van der Waals surface area contributed by atoms with E-state index in [0.29, 0.717) is 5.82 Å². The van der Waals surface area contributed by atoms with Crippen LogP contribution in [-0.2, 0) is 7.05 Å². The molecule has 4 nitrogen and oxygen atoms in total. The van der Waals surface area contributed by atoms with Crippen LogP contribution < -0.4 is 5.73 Å². The molecule has 0 bridgehead atoms. The third-order valence-corrected chi connectivity index (χ3v) is 1.02. The van der Waals surface area contributed by atoms with Crippen LogP contribution in [0.3, 0.4) is 0 Å². The Morgan fingerprint density at radius 3 is 2.27 bits per heavy atom. The average molecular weight is 199 g/mol. The van der Waals surface area contributed by atoms with Gasteiger partial charge in [-0.3, -0.25) is 4.68 Å². The van der Waals surface area contributed by atoms with Crippen molar-refractivity contribution in [3.63, 3.8) is 0 Å². The van der Waals surface area contributed by atoms with Gasteiger partial charge in [0, 0.05) is 7.05 Å². The van der Waals surface area contributed by atoms with Crippen molar-refractivity contribution < 1.29 is 0 Å². The Kier molecular flexibility index (Phi) is 6.46. The summed E-state index contributed by atoms with van der Waals surface area (Å²) in [5, 5.41) is 3.99. The normalized spacial score (nSPS) is 11.2. The van der Waals surface area contributed by atoms with Gasteiger partial charge in [0.05, 0.1) is 6.04 Å². The molecule has 0 radical (unpaired) electrons. The number of rotatable bonds is 1. The summed E-state index contributed by atoms with van der Waals surface area (Å²) in [5.74, 6) is 0.692. The Bertz CT molecular complexity index is 198. The van der Waals surface area contributed by atoms with Crippen molar-refractivity contribution >= 4 is 24.8 Å². The highest BCUT2D eigenvalue weighted by molar-refractivity contribution is 5.85. The van der Waals surface area contributed by atoms with E-state index in [0.717, 1.165) is 0 Å². The standard InChI is InChI=1S/C5H10N4.2ClH/c1-4(6)5-7-3-9(2)8-5;;/h3-4H,6H2,1-2H3;2*1H. The molecule has 0 aliphatic carbocycles. The van der Waals surface area contributed by atoms with Crippen molar-refractivity contribution in [3.8, 4) is 0 Å². The van der Waals surface area contributed by atoms with Gasteiger partial charge < -0.3 is 5.73 Å². The molecule has 0 aliphatic heterocycles. The molecule has 1 unspecified atom stereocenters. The lowest BCUT2D eigenvalue weighted by Crippen LogP contribution is -2.07. The Hall–Kier alpha value is -0.320. The molecule has 11 heavy (non-hydrogen) atoms. The summed E-state index contributed by atoms with van der Waals surface area (Å²) in [5.41, 5.74) is 5.49. The topological polar surface area (TPSA) is 56.7 Å². The number of hydrogen-bond donors (Lipinski definition) is 1. The van der Waals surface area contributed by atoms with Gasteiger partial charge in [-0.15, -0.1) is 24.8 Å². The van der Waals surface area contributed by atoms with Gasteiger partial charge in [-0.25, -0.2) is 4.98 Å². The van der Waals surface area contributed by atoms with Crippen molar-refractivity contribution in [3.05, 3.63) is 12.2 Å². The predicted molar refractivity (Wildman–Crippen MR) is 48.1 cm³/mol. The summed E-state index contributed by atoms with van der Waals surface area (Å²) in [6, 6.07) is -0.0637. The number of hydrogen-bond acceptors (Lipinski definition) is 3. The quantitative estimate of drug-likeness (QED) is 0.723. The predicted octanol–water partition coefficient (Wildman–Crippen LogP) is 0.678. The molecule has 0 spiro atoms. The molecular formula is C5H12Cl2N4. The average Bonchev–Trinajstić information content (AvgIpc) is 2.14. The van der Waals surface area contributed by atoms with Crippen molar-refractivity contribution in [1.82, 2.24) is 14.8 Å². The molecular weight excluding hydrogens is 187 g/mol. The van der Waals surface area contributed by atoms with Crippen LogP contribution in [0.4, 0.5) is 0 Å². The Labute approximate surface area is 78.0 Å². The van der Waals surface area contributed by atoms with E-state index in [1.807, 2.05) is 14.0 Å². The largest absolute Gasteiger partial charge is 0.321 e. The van der Waals surface area contributed by atoms with Gasteiger partial charge in [-0.2, -0.15) is 5.10 Å². The third kappa shape index (κ3) is 3.55. The fourth-order valence-electron chi connectivity index (χ4n) is 0.565. The molecule has 0 saturated heterocycles. The number of aromatic nitrogens is 3. The zero-order valence-corrected chi connectivity index (χ0v) is 8.02. The second-order valence-electron chi connectivity index (χ2n) is 2.07. The first-order valence-corrected chi connectivity index (χ1v) is 2.81. The van der Waals surface area contributed by atoms with E-state index in [1.54, 1.807) is 11.0 Å².